The van der Waals surface area contributed by atoms with Crippen molar-refractivity contribution in [2.45, 2.75) is 6.92 Å². The molecule has 0 bridgehead atoms. The van der Waals surface area contributed by atoms with Crippen molar-refractivity contribution in [3.8, 4) is 0 Å². The van der Waals surface area contributed by atoms with Crippen molar-refractivity contribution in [3.05, 3.63) is 89.8 Å². The van der Waals surface area contributed by atoms with Gasteiger partial charge in [-0.3, -0.25) is 5.41 Å². The monoisotopic (exact) mass is 475 g/mol. The summed E-state index contributed by atoms with van der Waals surface area (Å²) in [6.45, 7) is 4.75. The predicted octanol–water partition coefficient (Wildman–Crippen LogP) is 4.38. The highest BCUT2D eigenvalue weighted by Crippen LogP contribution is 2.24. The highest BCUT2D eigenvalue weighted by Gasteiger charge is 2.27. The molecule has 0 saturated carbocycles. The summed E-state index contributed by atoms with van der Waals surface area (Å²) < 4.78 is 5.51. The smallest absolute Gasteiger partial charge is 0.365 e. The molecule has 3 aromatic carbocycles. The van der Waals surface area contributed by atoms with E-state index in [0.29, 0.717) is 43.7 Å². The van der Waals surface area contributed by atoms with E-state index in [9.17, 15) is 4.79 Å². The largest absolute Gasteiger partial charge is 0.402 e. The van der Waals surface area contributed by atoms with Gasteiger partial charge in [-0.05, 0) is 35.4 Å². The molecule has 174 valence electrons. The van der Waals surface area contributed by atoms with Gasteiger partial charge in [0.25, 0.3) is 0 Å². The zero-order valence-corrected chi connectivity index (χ0v) is 19.6. The maximum atomic E-state index is 12.5. The Morgan fingerprint density at radius 2 is 1.71 bits per heavy atom. The number of cyclic esters (lactones) is 1. The molecular formula is C26H26ClN5O2. The summed E-state index contributed by atoms with van der Waals surface area (Å²) in [7, 11) is 0. The summed E-state index contributed by atoms with van der Waals surface area (Å²) in [6.07, 6.45) is 1.77. The molecule has 0 aliphatic carbocycles. The number of fused-ring (bicyclic) bond motifs is 1. The summed E-state index contributed by atoms with van der Waals surface area (Å²) in [5, 5.41) is 13.7. The maximum absolute atomic E-state index is 12.5. The van der Waals surface area contributed by atoms with Gasteiger partial charge in [0.1, 0.15) is 0 Å². The van der Waals surface area contributed by atoms with E-state index in [1.165, 1.54) is 0 Å². The summed E-state index contributed by atoms with van der Waals surface area (Å²) >= 11 is 0. The molecule has 2 heterocycles. The molecule has 0 atom stereocenters. The number of rotatable bonds is 3. The van der Waals surface area contributed by atoms with Gasteiger partial charge < -0.3 is 19.9 Å². The number of hydrogen-bond donors (Lipinski definition) is 2. The summed E-state index contributed by atoms with van der Waals surface area (Å²) in [6, 6.07) is 21.8. The Hall–Kier alpha value is -3.84. The van der Waals surface area contributed by atoms with Gasteiger partial charge in [0, 0.05) is 43.6 Å². The first kappa shape index (κ1) is 23.3. The molecule has 1 fully saturated rings. The average Bonchev–Trinajstić information content (AvgIpc) is 3.20. The standard InChI is InChI=1S/C26H25N5O2.ClH/c1-18-7-2-5-12-22(18)29-26(27)31-15-13-30(14-16-31)17-23-25(32)33-24(28-23)21-11-6-9-19-8-3-4-10-20(19)21;/h2-12,17H,13-16H2,1H3,(H2,27,29);1H/b23-17+;. The zero-order chi connectivity index (χ0) is 22.8. The lowest BCUT2D eigenvalue weighted by Gasteiger charge is -2.35. The fourth-order valence-corrected chi connectivity index (χ4v) is 4.09. The number of piperazine rings is 1. The number of esters is 1. The van der Waals surface area contributed by atoms with E-state index in [4.69, 9.17) is 10.1 Å². The van der Waals surface area contributed by atoms with Crippen LogP contribution in [0.3, 0.4) is 0 Å². The van der Waals surface area contributed by atoms with E-state index >= 15 is 0 Å². The molecule has 0 aromatic heterocycles. The van der Waals surface area contributed by atoms with Crippen LogP contribution in [-0.2, 0) is 9.53 Å². The number of aryl methyl sites for hydroxylation is 1. The maximum Gasteiger partial charge on any atom is 0.365 e. The van der Waals surface area contributed by atoms with Crippen LogP contribution in [-0.4, -0.2) is 53.8 Å². The van der Waals surface area contributed by atoms with Crippen molar-refractivity contribution in [1.82, 2.24) is 9.80 Å². The minimum atomic E-state index is -0.436. The van der Waals surface area contributed by atoms with Gasteiger partial charge in [-0.15, -0.1) is 12.4 Å². The molecule has 8 heteroatoms. The molecule has 1 saturated heterocycles. The summed E-state index contributed by atoms with van der Waals surface area (Å²) in [4.78, 5) is 21.0. The molecule has 0 spiro atoms. The first-order valence-electron chi connectivity index (χ1n) is 11.0. The van der Waals surface area contributed by atoms with Crippen molar-refractivity contribution < 1.29 is 9.53 Å². The Morgan fingerprint density at radius 3 is 2.50 bits per heavy atom. The van der Waals surface area contributed by atoms with E-state index in [1.807, 2.05) is 78.6 Å². The van der Waals surface area contributed by atoms with Crippen LogP contribution in [0.15, 0.2) is 83.6 Å². The van der Waals surface area contributed by atoms with Crippen LogP contribution >= 0.6 is 12.4 Å². The van der Waals surface area contributed by atoms with Crippen molar-refractivity contribution in [2.75, 3.05) is 31.5 Å². The second-order valence-electron chi connectivity index (χ2n) is 8.16. The number of ether oxygens (including phenoxy) is 1. The van der Waals surface area contributed by atoms with Gasteiger partial charge in [0.15, 0.2) is 11.7 Å². The number of anilines is 1. The number of benzene rings is 3. The quantitative estimate of drug-likeness (QED) is 0.254. The summed E-state index contributed by atoms with van der Waals surface area (Å²) in [5.74, 6) is 0.286. The van der Waals surface area contributed by atoms with Gasteiger partial charge >= 0.3 is 5.97 Å². The molecule has 7 nitrogen and oxygen atoms in total. The number of carbonyl (C=O) groups is 1. The number of halogens is 1. The lowest BCUT2D eigenvalue weighted by atomic mass is 10.0. The number of hydrogen-bond acceptors (Lipinski definition) is 5. The Morgan fingerprint density at radius 1 is 1.00 bits per heavy atom. The van der Waals surface area contributed by atoms with Gasteiger partial charge in [0.2, 0.25) is 5.90 Å². The second kappa shape index (κ2) is 9.97. The molecule has 0 radical (unpaired) electrons. The van der Waals surface area contributed by atoms with E-state index in [0.717, 1.165) is 27.6 Å². The minimum absolute atomic E-state index is 0. The number of aliphatic imine (C=N–C) groups is 1. The van der Waals surface area contributed by atoms with E-state index < -0.39 is 5.97 Å². The topological polar surface area (TPSA) is 81.0 Å². The number of para-hydroxylation sites is 1. The van der Waals surface area contributed by atoms with Crippen molar-refractivity contribution >= 4 is 46.7 Å². The van der Waals surface area contributed by atoms with Crippen LogP contribution < -0.4 is 5.32 Å². The lowest BCUT2D eigenvalue weighted by molar-refractivity contribution is -0.130. The number of nitrogens with one attached hydrogen (secondary N) is 2. The third-order valence-corrected chi connectivity index (χ3v) is 5.97. The normalized spacial score (nSPS) is 16.8. The lowest BCUT2D eigenvalue weighted by Crippen LogP contribution is -2.48. The number of guanidine groups is 1. The minimum Gasteiger partial charge on any atom is -0.402 e. The Kier molecular flexibility index (Phi) is 6.84. The van der Waals surface area contributed by atoms with Crippen molar-refractivity contribution in [2.24, 2.45) is 4.99 Å². The van der Waals surface area contributed by atoms with Crippen LogP contribution in [0.2, 0.25) is 0 Å². The van der Waals surface area contributed by atoms with Gasteiger partial charge in [-0.2, -0.15) is 0 Å². The first-order chi connectivity index (χ1) is 16.1. The summed E-state index contributed by atoms with van der Waals surface area (Å²) in [5.41, 5.74) is 3.16. The van der Waals surface area contributed by atoms with Crippen molar-refractivity contribution in [1.29, 1.82) is 5.41 Å². The van der Waals surface area contributed by atoms with Crippen molar-refractivity contribution in [3.63, 3.8) is 0 Å². The van der Waals surface area contributed by atoms with Gasteiger partial charge in [-0.1, -0.05) is 54.6 Å². The van der Waals surface area contributed by atoms with E-state index in [-0.39, 0.29) is 12.4 Å². The van der Waals surface area contributed by atoms with Crippen LogP contribution in [0.1, 0.15) is 11.1 Å². The molecule has 2 aliphatic heterocycles. The van der Waals surface area contributed by atoms with Gasteiger partial charge in [0.05, 0.1) is 0 Å². The number of carbonyl (C=O) groups excluding carboxylic acids is 1. The molecule has 34 heavy (non-hydrogen) atoms. The van der Waals surface area contributed by atoms with Crippen LogP contribution in [0, 0.1) is 12.3 Å². The van der Waals surface area contributed by atoms with Crippen LogP contribution in [0.5, 0.6) is 0 Å². The van der Waals surface area contributed by atoms with E-state index in [1.54, 1.807) is 6.20 Å². The molecule has 3 aromatic rings. The molecule has 0 unspecified atom stereocenters. The zero-order valence-electron chi connectivity index (χ0n) is 18.8. The average molecular weight is 476 g/mol. The molecule has 5 rings (SSSR count). The van der Waals surface area contributed by atoms with Crippen LogP contribution in [0.4, 0.5) is 5.69 Å². The SMILES string of the molecule is Cc1ccccc1NC(=N)N1CCN(/C=C2/N=C(c3cccc4ccccc34)OC2=O)CC1.Cl. The van der Waals surface area contributed by atoms with E-state index in [2.05, 4.69) is 15.2 Å². The molecule has 0 amide bonds. The highest BCUT2D eigenvalue weighted by atomic mass is 35.5. The Balaban J connectivity index is 0.00000274. The molecular weight excluding hydrogens is 450 g/mol. The molecule has 2 aliphatic rings. The highest BCUT2D eigenvalue weighted by molar-refractivity contribution is 6.16. The molecule has 2 N–H and O–H groups in total. The first-order valence-corrected chi connectivity index (χ1v) is 11.0. The van der Waals surface area contributed by atoms with Gasteiger partial charge in [-0.25, -0.2) is 9.79 Å². The third kappa shape index (κ3) is 4.75. The predicted molar refractivity (Wildman–Crippen MR) is 138 cm³/mol. The Bertz CT molecular complexity index is 1290. The fraction of sp³-hybridized carbons (Fsp3) is 0.192. The fourth-order valence-electron chi connectivity index (χ4n) is 4.09. The second-order valence-corrected chi connectivity index (χ2v) is 8.16. The number of nitrogens with zero attached hydrogens (tertiary/aromatic N) is 3. The Labute approximate surface area is 204 Å². The van der Waals surface area contributed by atoms with Crippen LogP contribution in [0.25, 0.3) is 10.8 Å². The third-order valence-electron chi connectivity index (χ3n) is 5.97.